The molecule has 0 N–H and O–H groups in total. The molecule has 5 heterocycles. The first-order valence-electron chi connectivity index (χ1n) is 20.5. The van der Waals surface area contributed by atoms with Crippen molar-refractivity contribution in [2.45, 2.75) is 37.5 Å². The summed E-state index contributed by atoms with van der Waals surface area (Å²) in [5.41, 5.74) is 15.2. The topological polar surface area (TPSA) is 90.2 Å². The summed E-state index contributed by atoms with van der Waals surface area (Å²) >= 11 is 0. The summed E-state index contributed by atoms with van der Waals surface area (Å²) in [5.74, 6) is 4.83. The maximum absolute atomic E-state index is 5.12. The quantitative estimate of drug-likeness (QED) is 0.167. The third-order valence-corrected chi connectivity index (χ3v) is 13.7. The second-order valence-corrected chi connectivity index (χ2v) is 16.7. The van der Waals surface area contributed by atoms with E-state index in [0.29, 0.717) is 29.3 Å². The molecule has 8 aromatic rings. The van der Waals surface area contributed by atoms with Crippen LogP contribution in [0.1, 0.15) is 43.2 Å². The average molecular weight is 750 g/mol. The van der Waals surface area contributed by atoms with E-state index in [4.69, 9.17) is 19.9 Å². The van der Waals surface area contributed by atoms with Gasteiger partial charge in [-0.1, -0.05) is 30.3 Å². The van der Waals surface area contributed by atoms with E-state index in [0.717, 1.165) is 45.3 Å². The Morgan fingerprint density at radius 3 is 1.55 bits per heavy atom. The van der Waals surface area contributed by atoms with Crippen LogP contribution < -0.4 is 0 Å². The van der Waals surface area contributed by atoms with Crippen molar-refractivity contribution in [3.63, 3.8) is 0 Å². The van der Waals surface area contributed by atoms with Crippen molar-refractivity contribution < 1.29 is 0 Å². The zero-order valence-corrected chi connectivity index (χ0v) is 31.9. The minimum atomic E-state index is 0.0272. The van der Waals surface area contributed by atoms with Gasteiger partial charge in [-0.05, 0) is 179 Å². The Balaban J connectivity index is 1.06. The number of pyridine rings is 4. The van der Waals surface area contributed by atoms with E-state index in [1.165, 1.54) is 65.5 Å². The maximum Gasteiger partial charge on any atom is 0.164 e. The maximum atomic E-state index is 5.12. The number of benzene rings is 3. The van der Waals surface area contributed by atoms with Crippen LogP contribution in [0.5, 0.6) is 0 Å². The van der Waals surface area contributed by atoms with Gasteiger partial charge in [-0.3, -0.25) is 19.9 Å². The molecule has 1 spiro atoms. The second kappa shape index (κ2) is 13.2. The highest BCUT2D eigenvalue weighted by Gasteiger charge is 2.61. The largest absolute Gasteiger partial charge is 0.265 e. The van der Waals surface area contributed by atoms with E-state index in [1.807, 2.05) is 55.0 Å². The summed E-state index contributed by atoms with van der Waals surface area (Å²) in [6.45, 7) is 0. The van der Waals surface area contributed by atoms with Gasteiger partial charge < -0.3 is 0 Å². The van der Waals surface area contributed by atoms with Crippen molar-refractivity contribution in [3.05, 3.63) is 164 Å². The van der Waals surface area contributed by atoms with E-state index in [2.05, 4.69) is 87.7 Å². The zero-order valence-electron chi connectivity index (χ0n) is 31.9. The Labute approximate surface area is 337 Å². The van der Waals surface area contributed by atoms with Gasteiger partial charge in [0.2, 0.25) is 0 Å². The SMILES string of the molecule is c1ccc(-c2cc(-c3ccc4c(c3)C3(c5ccc(-c6ccncc6)cc5-4)C4CC5CC(C4)CC3C5)cc(-c3nc(-c4ccncc4)nc(-c4ccncc4)n3)c2)nc1. The first-order chi connectivity index (χ1) is 28.7. The number of rotatable bonds is 6. The van der Waals surface area contributed by atoms with Crippen LogP contribution in [0.3, 0.4) is 0 Å². The van der Waals surface area contributed by atoms with Gasteiger partial charge in [-0.15, -0.1) is 0 Å². The van der Waals surface area contributed by atoms with Gasteiger partial charge in [0.15, 0.2) is 17.5 Å². The third kappa shape index (κ3) is 5.29. The molecule has 4 fully saturated rings. The summed E-state index contributed by atoms with van der Waals surface area (Å²) in [6, 6.07) is 39.4. The monoisotopic (exact) mass is 749 g/mol. The smallest absolute Gasteiger partial charge is 0.164 e. The molecule has 0 aliphatic heterocycles. The molecule has 58 heavy (non-hydrogen) atoms. The van der Waals surface area contributed by atoms with E-state index in [-0.39, 0.29) is 5.41 Å². The molecule has 5 aromatic heterocycles. The minimum Gasteiger partial charge on any atom is -0.265 e. The summed E-state index contributed by atoms with van der Waals surface area (Å²) in [6.07, 6.45) is 19.5. The fraction of sp³-hybridized carbons (Fsp3) is 0.196. The Morgan fingerprint density at radius 2 is 0.931 bits per heavy atom. The highest BCUT2D eigenvalue weighted by Crippen LogP contribution is 2.69. The second-order valence-electron chi connectivity index (χ2n) is 16.7. The average Bonchev–Trinajstić information content (AvgIpc) is 3.58. The summed E-state index contributed by atoms with van der Waals surface area (Å²) in [7, 11) is 0. The fourth-order valence-corrected chi connectivity index (χ4v) is 11.5. The summed E-state index contributed by atoms with van der Waals surface area (Å²) in [4.78, 5) is 32.8. The molecule has 0 amide bonds. The normalized spacial score (nSPS) is 22.2. The molecule has 0 atom stereocenters. The molecule has 4 bridgehead atoms. The minimum absolute atomic E-state index is 0.0272. The Hall–Kier alpha value is -6.73. The van der Waals surface area contributed by atoms with Crippen LogP contribution in [0, 0.1) is 23.7 Å². The lowest BCUT2D eigenvalue weighted by Gasteiger charge is -2.61. The molecule has 4 saturated carbocycles. The van der Waals surface area contributed by atoms with Crippen LogP contribution in [0.2, 0.25) is 0 Å². The van der Waals surface area contributed by atoms with Gasteiger partial charge in [0.05, 0.1) is 5.69 Å². The van der Waals surface area contributed by atoms with Crippen molar-refractivity contribution in [3.8, 4) is 78.8 Å². The molecule has 0 unspecified atom stereocenters. The van der Waals surface area contributed by atoms with Crippen molar-refractivity contribution in [2.24, 2.45) is 23.7 Å². The number of hydrogen-bond donors (Lipinski definition) is 0. The Bertz CT molecular complexity index is 2760. The number of aromatic nitrogens is 7. The predicted molar refractivity (Wildman–Crippen MR) is 227 cm³/mol. The number of nitrogens with zero attached hydrogens (tertiary/aromatic N) is 7. The first-order valence-corrected chi connectivity index (χ1v) is 20.5. The molecular weight excluding hydrogens is 711 g/mol. The van der Waals surface area contributed by atoms with Gasteiger partial charge >= 0.3 is 0 Å². The van der Waals surface area contributed by atoms with Crippen molar-refractivity contribution >= 4 is 0 Å². The zero-order chi connectivity index (χ0) is 38.2. The Morgan fingerprint density at radius 1 is 0.379 bits per heavy atom. The molecule has 278 valence electrons. The standard InChI is InChI=1S/C51H39N7/c1-2-14-55-47(3-1)39-26-38(27-40(28-39)50-57-48(34-10-17-53-18-11-34)56-49(58-50)35-12-19-54-20-13-35)37-4-6-43-44-29-36(33-8-15-52-16-9-33)5-7-45(44)51(46(43)30-37)41-22-31-21-32(24-41)25-42(51)23-31/h1-20,26-32,41-42H,21-25H2. The van der Waals surface area contributed by atoms with E-state index in [1.54, 1.807) is 30.4 Å². The van der Waals surface area contributed by atoms with E-state index < -0.39 is 0 Å². The van der Waals surface area contributed by atoms with E-state index in [9.17, 15) is 0 Å². The van der Waals surface area contributed by atoms with E-state index >= 15 is 0 Å². The fourth-order valence-electron chi connectivity index (χ4n) is 11.5. The van der Waals surface area contributed by atoms with Crippen LogP contribution in [0.4, 0.5) is 0 Å². The van der Waals surface area contributed by atoms with Crippen LogP contribution in [0.15, 0.2) is 153 Å². The van der Waals surface area contributed by atoms with Crippen LogP contribution in [-0.2, 0) is 5.41 Å². The molecule has 7 nitrogen and oxygen atoms in total. The number of fused-ring (bicyclic) bond motifs is 3. The van der Waals surface area contributed by atoms with Crippen molar-refractivity contribution in [1.29, 1.82) is 0 Å². The molecule has 5 aliphatic rings. The molecule has 0 saturated heterocycles. The van der Waals surface area contributed by atoms with Crippen molar-refractivity contribution in [2.75, 3.05) is 0 Å². The number of hydrogen-bond acceptors (Lipinski definition) is 7. The van der Waals surface area contributed by atoms with Gasteiger partial charge in [0.25, 0.3) is 0 Å². The molecule has 5 aliphatic carbocycles. The van der Waals surface area contributed by atoms with Gasteiger partial charge in [-0.2, -0.15) is 0 Å². The van der Waals surface area contributed by atoms with Crippen LogP contribution in [0.25, 0.3) is 78.8 Å². The predicted octanol–water partition coefficient (Wildman–Crippen LogP) is 11.2. The van der Waals surface area contributed by atoms with Gasteiger partial charge in [0, 0.05) is 71.0 Å². The molecule has 7 heteroatoms. The molecule has 0 radical (unpaired) electrons. The highest BCUT2D eigenvalue weighted by molar-refractivity contribution is 5.88. The third-order valence-electron chi connectivity index (χ3n) is 13.7. The Kier molecular flexibility index (Phi) is 7.59. The first kappa shape index (κ1) is 33.4. The highest BCUT2D eigenvalue weighted by atomic mass is 15.0. The lowest BCUT2D eigenvalue weighted by molar-refractivity contribution is -0.0399. The summed E-state index contributed by atoms with van der Waals surface area (Å²) < 4.78 is 0. The molecule has 3 aromatic carbocycles. The van der Waals surface area contributed by atoms with Gasteiger partial charge in [0.1, 0.15) is 0 Å². The lowest BCUT2D eigenvalue weighted by Crippen LogP contribution is -2.55. The van der Waals surface area contributed by atoms with Crippen LogP contribution in [-0.4, -0.2) is 34.9 Å². The van der Waals surface area contributed by atoms with Crippen LogP contribution >= 0.6 is 0 Å². The molecular formula is C51H39N7. The summed E-state index contributed by atoms with van der Waals surface area (Å²) in [5, 5.41) is 0. The van der Waals surface area contributed by atoms with Gasteiger partial charge in [-0.25, -0.2) is 15.0 Å². The molecule has 13 rings (SSSR count). The van der Waals surface area contributed by atoms with Crippen molar-refractivity contribution in [1.82, 2.24) is 34.9 Å². The lowest BCUT2D eigenvalue weighted by atomic mass is 9.43.